The first kappa shape index (κ1) is 18.5. The molecule has 0 saturated carbocycles. The van der Waals surface area contributed by atoms with Gasteiger partial charge in [-0.3, -0.25) is 4.57 Å². The van der Waals surface area contributed by atoms with Crippen LogP contribution in [-0.4, -0.2) is 24.7 Å². The Balaban J connectivity index is 1.75. The van der Waals surface area contributed by atoms with Gasteiger partial charge in [0.15, 0.2) is 17.5 Å². The van der Waals surface area contributed by atoms with E-state index in [9.17, 15) is 13.2 Å². The zero-order valence-electron chi connectivity index (χ0n) is 16.2. The maximum absolute atomic E-state index is 13.6. The zero-order valence-corrected chi connectivity index (χ0v) is 16.2. The smallest absolute Gasteiger partial charge is 0.314 e. The summed E-state index contributed by atoms with van der Waals surface area (Å²) in [6.45, 7) is 3.86. The lowest BCUT2D eigenvalue weighted by atomic mass is 10.0. The molecule has 0 saturated heterocycles. The number of hydrogen-bond acceptors (Lipinski definition) is 5. The van der Waals surface area contributed by atoms with Crippen LogP contribution in [0.25, 0.3) is 17.1 Å². The molecule has 2 aliphatic rings. The SMILES string of the molecule is CC[C@@H]1c2nnc(C)n2-c2cnc(-c3ccccc3C(F)(F)F)nc2N1C1=CC=C1. The van der Waals surface area contributed by atoms with Crippen molar-refractivity contribution in [2.45, 2.75) is 32.5 Å². The average Bonchev–Trinajstić information content (AvgIpc) is 3.07. The number of halogens is 3. The van der Waals surface area contributed by atoms with Crippen molar-refractivity contribution in [1.29, 1.82) is 0 Å². The third kappa shape index (κ3) is 2.65. The van der Waals surface area contributed by atoms with Crippen molar-refractivity contribution in [1.82, 2.24) is 24.7 Å². The maximum atomic E-state index is 13.6. The van der Waals surface area contributed by atoms with Crippen LogP contribution >= 0.6 is 0 Å². The topological polar surface area (TPSA) is 59.7 Å². The monoisotopic (exact) mass is 410 g/mol. The Labute approximate surface area is 170 Å². The number of allylic oxidation sites excluding steroid dienone is 3. The summed E-state index contributed by atoms with van der Waals surface area (Å²) in [6.07, 6.45) is 3.56. The fourth-order valence-electron chi connectivity index (χ4n) is 3.92. The molecule has 30 heavy (non-hydrogen) atoms. The number of rotatable bonds is 3. The van der Waals surface area contributed by atoms with Crippen molar-refractivity contribution in [3.05, 3.63) is 71.6 Å². The lowest BCUT2D eigenvalue weighted by molar-refractivity contribution is -0.137. The molecular formula is C21H17F3N6. The summed E-state index contributed by atoms with van der Waals surface area (Å²) < 4.78 is 42.6. The van der Waals surface area contributed by atoms with Gasteiger partial charge in [-0.15, -0.1) is 10.2 Å². The highest BCUT2D eigenvalue weighted by Gasteiger charge is 2.38. The minimum atomic E-state index is -4.50. The molecule has 0 N–H and O–H groups in total. The molecule has 1 aliphatic heterocycles. The largest absolute Gasteiger partial charge is 0.417 e. The minimum absolute atomic E-state index is 0.0274. The first-order chi connectivity index (χ1) is 14.4. The third-order valence-electron chi connectivity index (χ3n) is 5.35. The van der Waals surface area contributed by atoms with Crippen LogP contribution in [0.4, 0.5) is 19.0 Å². The van der Waals surface area contributed by atoms with Crippen molar-refractivity contribution in [2.75, 3.05) is 4.90 Å². The normalized spacial score (nSPS) is 17.3. The van der Waals surface area contributed by atoms with Crippen LogP contribution in [0.5, 0.6) is 0 Å². The van der Waals surface area contributed by atoms with E-state index in [1.807, 2.05) is 41.5 Å². The number of aromatic nitrogens is 5. The fraction of sp³-hybridized carbons (Fsp3) is 0.238. The highest BCUT2D eigenvalue weighted by molar-refractivity contribution is 5.72. The Bertz CT molecular complexity index is 1210. The molecule has 0 fully saturated rings. The number of fused-ring (bicyclic) bond motifs is 3. The molecule has 0 amide bonds. The van der Waals surface area contributed by atoms with Gasteiger partial charge in [0, 0.05) is 11.3 Å². The van der Waals surface area contributed by atoms with E-state index in [4.69, 9.17) is 0 Å². The summed E-state index contributed by atoms with van der Waals surface area (Å²) in [7, 11) is 0. The summed E-state index contributed by atoms with van der Waals surface area (Å²) in [4.78, 5) is 10.9. The predicted molar refractivity (Wildman–Crippen MR) is 105 cm³/mol. The molecule has 0 bridgehead atoms. The highest BCUT2D eigenvalue weighted by Crippen LogP contribution is 2.43. The molecule has 3 heterocycles. The van der Waals surface area contributed by atoms with Crippen LogP contribution in [0.2, 0.25) is 0 Å². The van der Waals surface area contributed by atoms with E-state index in [0.29, 0.717) is 17.3 Å². The molecule has 1 aromatic carbocycles. The molecule has 9 heteroatoms. The lowest BCUT2D eigenvalue weighted by Crippen LogP contribution is -2.36. The number of alkyl halides is 3. The van der Waals surface area contributed by atoms with E-state index in [2.05, 4.69) is 20.2 Å². The summed E-state index contributed by atoms with van der Waals surface area (Å²) >= 11 is 0. The number of aryl methyl sites for hydroxylation is 1. The van der Waals surface area contributed by atoms with E-state index in [0.717, 1.165) is 24.0 Å². The van der Waals surface area contributed by atoms with E-state index in [1.165, 1.54) is 12.1 Å². The van der Waals surface area contributed by atoms with Crippen LogP contribution in [0.3, 0.4) is 0 Å². The van der Waals surface area contributed by atoms with Crippen LogP contribution in [0.15, 0.2) is 54.4 Å². The Hall–Kier alpha value is -3.49. The van der Waals surface area contributed by atoms with E-state index in [-0.39, 0.29) is 17.4 Å². The molecule has 1 atom stereocenters. The van der Waals surface area contributed by atoms with Crippen molar-refractivity contribution in [2.24, 2.45) is 0 Å². The van der Waals surface area contributed by atoms with Gasteiger partial charge in [-0.25, -0.2) is 9.97 Å². The fourth-order valence-corrected chi connectivity index (χ4v) is 3.92. The van der Waals surface area contributed by atoms with Gasteiger partial charge in [-0.1, -0.05) is 31.2 Å². The molecule has 1 aliphatic carbocycles. The van der Waals surface area contributed by atoms with Gasteiger partial charge in [0.1, 0.15) is 11.5 Å². The summed E-state index contributed by atoms with van der Waals surface area (Å²) in [5.74, 6) is 2.00. The number of benzene rings is 1. The molecule has 5 rings (SSSR count). The van der Waals surface area contributed by atoms with E-state index < -0.39 is 11.7 Å². The van der Waals surface area contributed by atoms with Crippen LogP contribution < -0.4 is 4.90 Å². The molecule has 0 radical (unpaired) electrons. The second-order valence-electron chi connectivity index (χ2n) is 7.13. The van der Waals surface area contributed by atoms with Gasteiger partial charge >= 0.3 is 6.18 Å². The third-order valence-corrected chi connectivity index (χ3v) is 5.35. The molecular weight excluding hydrogens is 393 g/mol. The van der Waals surface area contributed by atoms with E-state index >= 15 is 0 Å². The zero-order chi connectivity index (χ0) is 21.0. The summed E-state index contributed by atoms with van der Waals surface area (Å²) in [6, 6.07) is 5.22. The summed E-state index contributed by atoms with van der Waals surface area (Å²) in [5.41, 5.74) is 0.754. The Kier molecular flexibility index (Phi) is 4.02. The Morgan fingerprint density at radius 3 is 2.57 bits per heavy atom. The minimum Gasteiger partial charge on any atom is -0.314 e. The van der Waals surface area contributed by atoms with Crippen molar-refractivity contribution in [3.8, 4) is 17.1 Å². The second-order valence-corrected chi connectivity index (χ2v) is 7.13. The van der Waals surface area contributed by atoms with Gasteiger partial charge in [-0.2, -0.15) is 13.2 Å². The highest BCUT2D eigenvalue weighted by atomic mass is 19.4. The predicted octanol–water partition coefficient (Wildman–Crippen LogP) is 4.78. The number of hydrogen-bond donors (Lipinski definition) is 0. The first-order valence-corrected chi connectivity index (χ1v) is 9.53. The molecule has 0 unspecified atom stereocenters. The lowest BCUT2D eigenvalue weighted by Gasteiger charge is -2.38. The van der Waals surface area contributed by atoms with Crippen LogP contribution in [0, 0.1) is 6.92 Å². The van der Waals surface area contributed by atoms with Crippen LogP contribution in [0.1, 0.15) is 36.6 Å². The van der Waals surface area contributed by atoms with Gasteiger partial charge in [0.05, 0.1) is 17.8 Å². The average molecular weight is 410 g/mol. The summed E-state index contributed by atoms with van der Waals surface area (Å²) in [5, 5.41) is 8.55. The van der Waals surface area contributed by atoms with Crippen LogP contribution in [-0.2, 0) is 6.18 Å². The molecule has 3 aromatic rings. The number of nitrogens with zero attached hydrogens (tertiary/aromatic N) is 6. The first-order valence-electron chi connectivity index (χ1n) is 9.53. The van der Waals surface area contributed by atoms with Crippen molar-refractivity contribution >= 4 is 5.82 Å². The van der Waals surface area contributed by atoms with Gasteiger partial charge in [-0.05, 0) is 31.6 Å². The standard InChI is InChI=1S/C21H17F3N6/c1-3-16-20-28-27-12(2)29(20)17-11-25-18(26-19(17)30(16)13-7-6-8-13)14-9-4-5-10-15(14)21(22,23)24/h4-11,16H,3H2,1-2H3/t16-/m1/s1. The molecule has 152 valence electrons. The van der Waals surface area contributed by atoms with E-state index in [1.54, 1.807) is 12.3 Å². The quantitative estimate of drug-likeness (QED) is 0.622. The molecule has 6 nitrogen and oxygen atoms in total. The van der Waals surface area contributed by atoms with Gasteiger partial charge < -0.3 is 4.90 Å². The second kappa shape index (κ2) is 6.51. The molecule has 2 aromatic heterocycles. The Morgan fingerprint density at radius 2 is 1.90 bits per heavy atom. The van der Waals surface area contributed by atoms with Gasteiger partial charge in [0.25, 0.3) is 0 Å². The van der Waals surface area contributed by atoms with Crippen molar-refractivity contribution < 1.29 is 13.2 Å². The maximum Gasteiger partial charge on any atom is 0.417 e. The number of anilines is 1. The molecule has 0 spiro atoms. The van der Waals surface area contributed by atoms with Gasteiger partial charge in [0.2, 0.25) is 0 Å². The van der Waals surface area contributed by atoms with Crippen molar-refractivity contribution in [3.63, 3.8) is 0 Å². The Morgan fingerprint density at radius 1 is 1.13 bits per heavy atom.